The molecule has 0 saturated carbocycles. The van der Waals surface area contributed by atoms with Crippen LogP contribution in [0.15, 0.2) is 30.3 Å². The Labute approximate surface area is 91.2 Å². The Kier molecular flexibility index (Phi) is 2.81. The number of rotatable bonds is 3. The Morgan fingerprint density at radius 2 is 1.87 bits per heavy atom. The van der Waals surface area contributed by atoms with Gasteiger partial charge in [-0.2, -0.15) is 0 Å². The van der Waals surface area contributed by atoms with Crippen molar-refractivity contribution in [3.8, 4) is 0 Å². The number of hydrogen-bond acceptors (Lipinski definition) is 2. The molecule has 15 heavy (non-hydrogen) atoms. The highest BCUT2D eigenvalue weighted by atomic mass is 16.6. The molecule has 1 aromatic rings. The Hall–Kier alpha value is -0.860. The Bertz CT molecular complexity index is 313. The maximum atomic E-state index is 5.68. The minimum atomic E-state index is -0.0762. The molecule has 0 bridgehead atoms. The van der Waals surface area contributed by atoms with Crippen molar-refractivity contribution in [3.05, 3.63) is 35.9 Å². The molecule has 0 amide bonds. The maximum absolute atomic E-state index is 5.68. The highest BCUT2D eigenvalue weighted by molar-refractivity contribution is 5.22. The van der Waals surface area contributed by atoms with Crippen molar-refractivity contribution in [2.45, 2.75) is 38.6 Å². The van der Waals surface area contributed by atoms with Crippen LogP contribution in [0.3, 0.4) is 0 Å². The summed E-state index contributed by atoms with van der Waals surface area (Å²) < 4.78 is 11.3. The van der Waals surface area contributed by atoms with Gasteiger partial charge in [-0.25, -0.2) is 0 Å². The van der Waals surface area contributed by atoms with Gasteiger partial charge in [0.2, 0.25) is 0 Å². The second-order valence-electron chi connectivity index (χ2n) is 4.93. The van der Waals surface area contributed by atoms with Crippen molar-refractivity contribution < 1.29 is 9.47 Å². The molecular formula is C13H18O2. The maximum Gasteiger partial charge on any atom is 0.112 e. The van der Waals surface area contributed by atoms with Crippen LogP contribution in [0.4, 0.5) is 0 Å². The van der Waals surface area contributed by atoms with Gasteiger partial charge in [0.1, 0.15) is 12.2 Å². The normalized spacial score (nSPS) is 25.3. The van der Waals surface area contributed by atoms with Crippen LogP contribution >= 0.6 is 0 Å². The minimum absolute atomic E-state index is 0.0762. The first kappa shape index (κ1) is 10.7. The third-order valence-electron chi connectivity index (χ3n) is 2.39. The van der Waals surface area contributed by atoms with E-state index >= 15 is 0 Å². The standard InChI is InChI=1S/C13H18O2/c1-13(2,3)14-9-11-12(15-11)10-7-5-4-6-8-10/h4-8,11-12H,9H2,1-3H3. The van der Waals surface area contributed by atoms with Gasteiger partial charge >= 0.3 is 0 Å². The Balaban J connectivity index is 1.82. The van der Waals surface area contributed by atoms with E-state index < -0.39 is 0 Å². The molecule has 0 aromatic heterocycles. The van der Waals surface area contributed by atoms with E-state index in [0.29, 0.717) is 6.61 Å². The second kappa shape index (κ2) is 3.95. The second-order valence-corrected chi connectivity index (χ2v) is 4.93. The van der Waals surface area contributed by atoms with E-state index in [9.17, 15) is 0 Å². The smallest absolute Gasteiger partial charge is 0.112 e. The lowest BCUT2D eigenvalue weighted by molar-refractivity contribution is -0.0105. The summed E-state index contributed by atoms with van der Waals surface area (Å²) >= 11 is 0. The zero-order chi connectivity index (χ0) is 10.9. The topological polar surface area (TPSA) is 21.8 Å². The monoisotopic (exact) mass is 206 g/mol. The lowest BCUT2D eigenvalue weighted by Crippen LogP contribution is -2.21. The van der Waals surface area contributed by atoms with E-state index in [2.05, 4.69) is 32.9 Å². The van der Waals surface area contributed by atoms with Gasteiger partial charge in [0, 0.05) is 0 Å². The molecule has 0 spiro atoms. The van der Waals surface area contributed by atoms with Crippen molar-refractivity contribution >= 4 is 0 Å². The summed E-state index contributed by atoms with van der Waals surface area (Å²) in [7, 11) is 0. The average molecular weight is 206 g/mol. The molecule has 2 rings (SSSR count). The molecule has 1 heterocycles. The largest absolute Gasteiger partial charge is 0.373 e. The molecule has 2 atom stereocenters. The summed E-state index contributed by atoms with van der Waals surface area (Å²) in [4.78, 5) is 0. The lowest BCUT2D eigenvalue weighted by Gasteiger charge is -2.18. The van der Waals surface area contributed by atoms with E-state index in [4.69, 9.17) is 9.47 Å². The first-order valence-corrected chi connectivity index (χ1v) is 5.41. The molecule has 82 valence electrons. The predicted molar refractivity (Wildman–Crippen MR) is 59.8 cm³/mol. The van der Waals surface area contributed by atoms with Crippen LogP contribution in [-0.4, -0.2) is 18.3 Å². The number of ether oxygens (including phenoxy) is 2. The van der Waals surface area contributed by atoms with E-state index in [1.807, 2.05) is 18.2 Å². The highest BCUT2D eigenvalue weighted by Crippen LogP contribution is 2.39. The first-order valence-electron chi connectivity index (χ1n) is 5.41. The van der Waals surface area contributed by atoms with Crippen molar-refractivity contribution in [2.24, 2.45) is 0 Å². The van der Waals surface area contributed by atoms with E-state index in [-0.39, 0.29) is 17.8 Å². The molecule has 0 radical (unpaired) electrons. The van der Waals surface area contributed by atoms with Crippen LogP contribution < -0.4 is 0 Å². The van der Waals surface area contributed by atoms with Crippen LogP contribution in [0, 0.1) is 0 Å². The van der Waals surface area contributed by atoms with Crippen LogP contribution in [0.1, 0.15) is 32.4 Å². The Morgan fingerprint density at radius 1 is 1.20 bits per heavy atom. The number of hydrogen-bond donors (Lipinski definition) is 0. The quantitative estimate of drug-likeness (QED) is 0.709. The zero-order valence-electron chi connectivity index (χ0n) is 9.57. The fourth-order valence-corrected chi connectivity index (χ4v) is 1.54. The third-order valence-corrected chi connectivity index (χ3v) is 2.39. The number of benzene rings is 1. The summed E-state index contributed by atoms with van der Waals surface area (Å²) in [5, 5.41) is 0. The van der Waals surface area contributed by atoms with Crippen LogP contribution in [0.25, 0.3) is 0 Å². The van der Waals surface area contributed by atoms with E-state index in [1.165, 1.54) is 5.56 Å². The van der Waals surface area contributed by atoms with Crippen LogP contribution in [-0.2, 0) is 9.47 Å². The lowest BCUT2D eigenvalue weighted by atomic mass is 10.1. The molecule has 0 N–H and O–H groups in total. The van der Waals surface area contributed by atoms with Gasteiger partial charge in [0.05, 0.1) is 12.2 Å². The summed E-state index contributed by atoms with van der Waals surface area (Å²) in [6.07, 6.45) is 0.486. The summed E-state index contributed by atoms with van der Waals surface area (Å²) in [5.41, 5.74) is 1.17. The predicted octanol–water partition coefficient (Wildman–Crippen LogP) is 2.94. The Morgan fingerprint density at radius 3 is 2.47 bits per heavy atom. The zero-order valence-corrected chi connectivity index (χ0v) is 9.57. The van der Waals surface area contributed by atoms with Crippen molar-refractivity contribution in [1.82, 2.24) is 0 Å². The molecule has 1 fully saturated rings. The molecule has 2 heteroatoms. The van der Waals surface area contributed by atoms with Crippen LogP contribution in [0.2, 0.25) is 0 Å². The SMILES string of the molecule is CC(C)(C)OCC1OC1c1ccccc1. The molecule has 2 unspecified atom stereocenters. The number of epoxide rings is 1. The van der Waals surface area contributed by atoms with Gasteiger partial charge in [-0.1, -0.05) is 30.3 Å². The fraction of sp³-hybridized carbons (Fsp3) is 0.538. The summed E-state index contributed by atoms with van der Waals surface area (Å²) in [6, 6.07) is 10.3. The summed E-state index contributed by atoms with van der Waals surface area (Å²) in [6.45, 7) is 6.87. The van der Waals surface area contributed by atoms with Crippen molar-refractivity contribution in [3.63, 3.8) is 0 Å². The van der Waals surface area contributed by atoms with Gasteiger partial charge in [-0.3, -0.25) is 0 Å². The third kappa shape index (κ3) is 3.05. The first-order chi connectivity index (χ1) is 7.06. The molecular weight excluding hydrogens is 188 g/mol. The van der Waals surface area contributed by atoms with E-state index in [1.54, 1.807) is 0 Å². The molecule has 0 aliphatic carbocycles. The molecule has 1 aromatic carbocycles. The van der Waals surface area contributed by atoms with Crippen LogP contribution in [0.5, 0.6) is 0 Å². The molecule has 1 aliphatic heterocycles. The van der Waals surface area contributed by atoms with Crippen molar-refractivity contribution in [2.75, 3.05) is 6.61 Å². The van der Waals surface area contributed by atoms with Gasteiger partial charge in [0.15, 0.2) is 0 Å². The van der Waals surface area contributed by atoms with Crippen molar-refractivity contribution in [1.29, 1.82) is 0 Å². The molecule has 1 aliphatic rings. The molecule has 2 nitrogen and oxygen atoms in total. The van der Waals surface area contributed by atoms with E-state index in [0.717, 1.165) is 0 Å². The van der Waals surface area contributed by atoms with Gasteiger partial charge in [-0.05, 0) is 26.3 Å². The minimum Gasteiger partial charge on any atom is -0.373 e. The molecule has 1 saturated heterocycles. The van der Waals surface area contributed by atoms with Gasteiger partial charge < -0.3 is 9.47 Å². The van der Waals surface area contributed by atoms with Gasteiger partial charge in [-0.15, -0.1) is 0 Å². The van der Waals surface area contributed by atoms with Gasteiger partial charge in [0.25, 0.3) is 0 Å². The highest BCUT2D eigenvalue weighted by Gasteiger charge is 2.40. The summed E-state index contributed by atoms with van der Waals surface area (Å²) in [5.74, 6) is 0. The average Bonchev–Trinajstić information content (AvgIpc) is 2.94. The fourth-order valence-electron chi connectivity index (χ4n) is 1.54.